The number of halogens is 1. The van der Waals surface area contributed by atoms with E-state index in [-0.39, 0.29) is 17.7 Å². The first-order valence-corrected chi connectivity index (χ1v) is 7.22. The van der Waals surface area contributed by atoms with Crippen LogP contribution in [0.3, 0.4) is 0 Å². The van der Waals surface area contributed by atoms with Gasteiger partial charge in [0, 0.05) is 19.1 Å². The van der Waals surface area contributed by atoms with Gasteiger partial charge in [-0.05, 0) is 45.4 Å². The first-order chi connectivity index (χ1) is 10.3. The van der Waals surface area contributed by atoms with Crippen LogP contribution < -0.4 is 5.32 Å². The summed E-state index contributed by atoms with van der Waals surface area (Å²) in [5, 5.41) is 12.2. The summed E-state index contributed by atoms with van der Waals surface area (Å²) < 4.78 is 18.5. The molecule has 1 aromatic carbocycles. The normalized spacial score (nSPS) is 18.0. The van der Waals surface area contributed by atoms with Crippen LogP contribution in [0.25, 0.3) is 0 Å². The van der Waals surface area contributed by atoms with E-state index in [2.05, 4.69) is 5.32 Å². The molecule has 1 heterocycles. The van der Waals surface area contributed by atoms with Crippen molar-refractivity contribution in [2.24, 2.45) is 0 Å². The molecule has 1 N–H and O–H groups in total. The molecule has 1 unspecified atom stereocenters. The minimum Gasteiger partial charge on any atom is -0.444 e. The molecule has 1 aliphatic heterocycles. The maximum atomic E-state index is 13.1. The second-order valence-electron chi connectivity index (χ2n) is 6.36. The van der Waals surface area contributed by atoms with Gasteiger partial charge in [-0.3, -0.25) is 0 Å². The predicted molar refractivity (Wildman–Crippen MR) is 80.9 cm³/mol. The number of rotatable bonds is 2. The third-order valence-corrected chi connectivity index (χ3v) is 3.30. The lowest BCUT2D eigenvalue weighted by Crippen LogP contribution is -2.36. The molecule has 6 heteroatoms. The van der Waals surface area contributed by atoms with E-state index in [1.165, 1.54) is 12.1 Å². The lowest BCUT2D eigenvalue weighted by atomic mass is 10.1. The summed E-state index contributed by atoms with van der Waals surface area (Å²) in [5.74, 6) is -0.441. The number of likely N-dealkylation sites (tertiary alicyclic amines) is 1. The molecule has 1 amide bonds. The van der Waals surface area contributed by atoms with E-state index in [1.54, 1.807) is 11.0 Å². The fourth-order valence-electron chi connectivity index (χ4n) is 2.33. The Labute approximate surface area is 129 Å². The summed E-state index contributed by atoms with van der Waals surface area (Å²) in [4.78, 5) is 13.6. The number of nitriles is 1. The van der Waals surface area contributed by atoms with Gasteiger partial charge < -0.3 is 15.0 Å². The fourth-order valence-corrected chi connectivity index (χ4v) is 2.33. The fraction of sp³-hybridized carbons (Fsp3) is 0.500. The molecule has 0 bridgehead atoms. The number of anilines is 1. The van der Waals surface area contributed by atoms with Gasteiger partial charge in [-0.15, -0.1) is 0 Å². The molecule has 5 nitrogen and oxygen atoms in total. The van der Waals surface area contributed by atoms with Gasteiger partial charge in [0.25, 0.3) is 0 Å². The Morgan fingerprint density at radius 1 is 1.50 bits per heavy atom. The van der Waals surface area contributed by atoms with Crippen LogP contribution in [0.5, 0.6) is 0 Å². The van der Waals surface area contributed by atoms with Crippen molar-refractivity contribution in [3.05, 3.63) is 29.6 Å². The van der Waals surface area contributed by atoms with E-state index >= 15 is 0 Å². The van der Waals surface area contributed by atoms with Crippen LogP contribution in [-0.2, 0) is 4.74 Å². The maximum Gasteiger partial charge on any atom is 0.410 e. The van der Waals surface area contributed by atoms with Crippen molar-refractivity contribution >= 4 is 11.8 Å². The molecule has 118 valence electrons. The van der Waals surface area contributed by atoms with Crippen molar-refractivity contribution in [2.75, 3.05) is 18.4 Å². The van der Waals surface area contributed by atoms with Crippen molar-refractivity contribution in [3.63, 3.8) is 0 Å². The van der Waals surface area contributed by atoms with E-state index in [9.17, 15) is 9.18 Å². The largest absolute Gasteiger partial charge is 0.444 e. The molecule has 0 spiro atoms. The molecular weight excluding hydrogens is 285 g/mol. The highest BCUT2D eigenvalue weighted by Gasteiger charge is 2.29. The standard InChI is InChI=1S/C16H20FN3O2/c1-16(2,3)22-15(21)20-7-6-13(10-20)19-14-5-4-12(17)8-11(14)9-18/h4-5,8,13,19H,6-7,10H2,1-3H3. The van der Waals surface area contributed by atoms with Crippen LogP contribution in [0.1, 0.15) is 32.8 Å². The SMILES string of the molecule is CC(C)(C)OC(=O)N1CCC(Nc2ccc(F)cc2C#N)C1. The summed E-state index contributed by atoms with van der Waals surface area (Å²) in [7, 11) is 0. The quantitative estimate of drug-likeness (QED) is 0.911. The lowest BCUT2D eigenvalue weighted by molar-refractivity contribution is 0.0293. The number of nitrogens with zero attached hydrogens (tertiary/aromatic N) is 2. The van der Waals surface area contributed by atoms with Gasteiger partial charge in [0.05, 0.1) is 11.3 Å². The minimum atomic E-state index is -0.520. The molecular formula is C16H20FN3O2. The Morgan fingerprint density at radius 2 is 2.23 bits per heavy atom. The molecule has 0 aliphatic carbocycles. The number of carbonyl (C=O) groups is 1. The second kappa shape index (κ2) is 6.22. The highest BCUT2D eigenvalue weighted by atomic mass is 19.1. The first kappa shape index (κ1) is 16.1. The van der Waals surface area contributed by atoms with Gasteiger partial charge in [0.2, 0.25) is 0 Å². The summed E-state index contributed by atoms with van der Waals surface area (Å²) in [6, 6.07) is 6.04. The molecule has 1 fully saturated rings. The molecule has 1 atom stereocenters. The summed E-state index contributed by atoms with van der Waals surface area (Å²) in [5.41, 5.74) is 0.323. The third kappa shape index (κ3) is 4.10. The van der Waals surface area contributed by atoms with E-state index in [0.717, 1.165) is 6.42 Å². The molecule has 0 aromatic heterocycles. The molecule has 1 saturated heterocycles. The molecule has 22 heavy (non-hydrogen) atoms. The molecule has 0 saturated carbocycles. The van der Waals surface area contributed by atoms with Crippen LogP contribution in [0.2, 0.25) is 0 Å². The minimum absolute atomic E-state index is 0.0186. The zero-order chi connectivity index (χ0) is 16.3. The highest BCUT2D eigenvalue weighted by molar-refractivity contribution is 5.69. The lowest BCUT2D eigenvalue weighted by Gasteiger charge is -2.24. The monoisotopic (exact) mass is 305 g/mol. The second-order valence-corrected chi connectivity index (χ2v) is 6.36. The number of hydrogen-bond acceptors (Lipinski definition) is 4. The van der Waals surface area contributed by atoms with E-state index in [1.807, 2.05) is 26.8 Å². The van der Waals surface area contributed by atoms with Gasteiger partial charge in [0.1, 0.15) is 17.5 Å². The number of nitrogens with one attached hydrogen (secondary N) is 1. The Kier molecular flexibility index (Phi) is 4.55. The average molecular weight is 305 g/mol. The molecule has 1 aliphatic rings. The molecule has 2 rings (SSSR count). The molecule has 0 radical (unpaired) electrons. The van der Waals surface area contributed by atoms with E-state index < -0.39 is 11.4 Å². The summed E-state index contributed by atoms with van der Waals surface area (Å²) in [6.45, 7) is 6.57. The Morgan fingerprint density at radius 3 is 2.86 bits per heavy atom. The van der Waals surface area contributed by atoms with Crippen molar-refractivity contribution in [1.82, 2.24) is 4.90 Å². The number of benzene rings is 1. The Bertz CT molecular complexity index is 604. The Balaban J connectivity index is 1.97. The Hall–Kier alpha value is -2.29. The van der Waals surface area contributed by atoms with Gasteiger partial charge in [0.15, 0.2) is 0 Å². The van der Waals surface area contributed by atoms with E-state index in [4.69, 9.17) is 10.00 Å². The van der Waals surface area contributed by atoms with Crippen LogP contribution in [0, 0.1) is 17.1 Å². The number of amides is 1. The van der Waals surface area contributed by atoms with Crippen LogP contribution in [0.15, 0.2) is 18.2 Å². The van der Waals surface area contributed by atoms with Gasteiger partial charge in [-0.2, -0.15) is 5.26 Å². The summed E-state index contributed by atoms with van der Waals surface area (Å²) >= 11 is 0. The van der Waals surface area contributed by atoms with Gasteiger partial charge in [-0.25, -0.2) is 9.18 Å². The van der Waals surface area contributed by atoms with Gasteiger partial charge >= 0.3 is 6.09 Å². The van der Waals surface area contributed by atoms with E-state index in [0.29, 0.717) is 18.8 Å². The molecule has 1 aromatic rings. The van der Waals surface area contributed by atoms with Crippen molar-refractivity contribution in [1.29, 1.82) is 5.26 Å². The number of hydrogen-bond donors (Lipinski definition) is 1. The topological polar surface area (TPSA) is 65.4 Å². The van der Waals surface area contributed by atoms with Crippen molar-refractivity contribution in [2.45, 2.75) is 38.8 Å². The third-order valence-electron chi connectivity index (χ3n) is 3.30. The zero-order valence-electron chi connectivity index (χ0n) is 13.0. The number of carbonyl (C=O) groups excluding carboxylic acids is 1. The van der Waals surface area contributed by atoms with Crippen LogP contribution in [-0.4, -0.2) is 35.7 Å². The van der Waals surface area contributed by atoms with Gasteiger partial charge in [-0.1, -0.05) is 0 Å². The van der Waals surface area contributed by atoms with Crippen molar-refractivity contribution in [3.8, 4) is 6.07 Å². The highest BCUT2D eigenvalue weighted by Crippen LogP contribution is 2.21. The average Bonchev–Trinajstić information content (AvgIpc) is 2.87. The zero-order valence-corrected chi connectivity index (χ0v) is 13.0. The first-order valence-electron chi connectivity index (χ1n) is 7.22. The predicted octanol–water partition coefficient (Wildman–Crippen LogP) is 3.12. The van der Waals surface area contributed by atoms with Crippen molar-refractivity contribution < 1.29 is 13.9 Å². The van der Waals surface area contributed by atoms with Crippen LogP contribution in [0.4, 0.5) is 14.9 Å². The maximum absolute atomic E-state index is 13.1. The summed E-state index contributed by atoms with van der Waals surface area (Å²) in [6.07, 6.45) is 0.415. The smallest absolute Gasteiger partial charge is 0.410 e. The number of ether oxygens (including phenoxy) is 1. The van der Waals surface area contributed by atoms with Crippen LogP contribution >= 0.6 is 0 Å².